The Balaban J connectivity index is 1.58. The molecule has 0 aliphatic carbocycles. The maximum Gasteiger partial charge on any atom is 0.314 e. The van der Waals surface area contributed by atoms with Crippen LogP contribution in [0.25, 0.3) is 0 Å². The zero-order valence-electron chi connectivity index (χ0n) is 11.5. The molecule has 0 radical (unpaired) electrons. The second-order valence-electron chi connectivity index (χ2n) is 5.07. The van der Waals surface area contributed by atoms with Gasteiger partial charge in [-0.05, 0) is 42.9 Å². The summed E-state index contributed by atoms with van der Waals surface area (Å²) in [5.41, 5.74) is 1.17. The van der Waals surface area contributed by atoms with Crippen LogP contribution in [0.1, 0.15) is 18.4 Å². The first-order valence-corrected chi connectivity index (χ1v) is 7.46. The van der Waals surface area contributed by atoms with E-state index in [-0.39, 0.29) is 6.03 Å². The average Bonchev–Trinajstić information content (AvgIpc) is 2.48. The largest absolute Gasteiger partial charge is 0.381 e. The summed E-state index contributed by atoms with van der Waals surface area (Å²) in [4.78, 5) is 11.7. The van der Waals surface area contributed by atoms with Crippen molar-refractivity contribution >= 4 is 17.6 Å². The van der Waals surface area contributed by atoms with Gasteiger partial charge in [0.25, 0.3) is 0 Å². The molecule has 1 aliphatic heterocycles. The summed E-state index contributed by atoms with van der Waals surface area (Å²) in [5, 5.41) is 6.52. The summed E-state index contributed by atoms with van der Waals surface area (Å²) in [5.74, 6) is 0.547. The molecule has 1 fully saturated rings. The predicted molar refractivity (Wildman–Crippen MR) is 80.1 cm³/mol. The van der Waals surface area contributed by atoms with Crippen LogP contribution in [-0.4, -0.2) is 32.3 Å². The van der Waals surface area contributed by atoms with Gasteiger partial charge in [0.05, 0.1) is 0 Å². The quantitative estimate of drug-likeness (QED) is 0.877. The number of ether oxygens (including phenoxy) is 1. The lowest BCUT2D eigenvalue weighted by Crippen LogP contribution is -2.40. The van der Waals surface area contributed by atoms with Gasteiger partial charge in [-0.25, -0.2) is 4.79 Å². The van der Waals surface area contributed by atoms with E-state index in [0.717, 1.165) is 44.0 Å². The van der Waals surface area contributed by atoms with Crippen molar-refractivity contribution in [1.29, 1.82) is 0 Å². The van der Waals surface area contributed by atoms with Crippen LogP contribution in [0.15, 0.2) is 24.3 Å². The van der Waals surface area contributed by atoms with Crippen LogP contribution in [0.4, 0.5) is 4.79 Å². The molecule has 0 atom stereocenters. The minimum atomic E-state index is -0.0922. The Kier molecular flexibility index (Phi) is 6.15. The summed E-state index contributed by atoms with van der Waals surface area (Å²) in [6.45, 7) is 2.98. The van der Waals surface area contributed by atoms with Gasteiger partial charge in [-0.1, -0.05) is 23.7 Å². The highest BCUT2D eigenvalue weighted by Crippen LogP contribution is 2.13. The number of halogens is 1. The molecular formula is C15H21ClN2O2. The fraction of sp³-hybridized carbons (Fsp3) is 0.533. The third kappa shape index (κ3) is 5.39. The molecule has 1 aromatic carbocycles. The van der Waals surface area contributed by atoms with Gasteiger partial charge in [0.1, 0.15) is 0 Å². The van der Waals surface area contributed by atoms with Crippen LogP contribution in [0.3, 0.4) is 0 Å². The van der Waals surface area contributed by atoms with E-state index in [1.54, 1.807) is 0 Å². The number of rotatable bonds is 5. The Morgan fingerprint density at radius 1 is 1.20 bits per heavy atom. The fourth-order valence-electron chi connectivity index (χ4n) is 2.22. The van der Waals surface area contributed by atoms with E-state index in [1.165, 1.54) is 5.56 Å². The van der Waals surface area contributed by atoms with Crippen molar-refractivity contribution < 1.29 is 9.53 Å². The van der Waals surface area contributed by atoms with Gasteiger partial charge < -0.3 is 15.4 Å². The minimum absolute atomic E-state index is 0.0922. The van der Waals surface area contributed by atoms with Crippen LogP contribution < -0.4 is 10.6 Å². The van der Waals surface area contributed by atoms with E-state index in [1.807, 2.05) is 24.3 Å². The topological polar surface area (TPSA) is 50.4 Å². The van der Waals surface area contributed by atoms with Gasteiger partial charge >= 0.3 is 6.03 Å². The number of carbonyl (C=O) groups is 1. The van der Waals surface area contributed by atoms with Crippen molar-refractivity contribution in [3.05, 3.63) is 34.9 Å². The molecule has 2 N–H and O–H groups in total. The van der Waals surface area contributed by atoms with Crippen LogP contribution in [0.2, 0.25) is 5.02 Å². The molecule has 2 amide bonds. The summed E-state index contributed by atoms with van der Waals surface area (Å²) in [7, 11) is 0. The summed E-state index contributed by atoms with van der Waals surface area (Å²) < 4.78 is 5.29. The number of carbonyl (C=O) groups excluding carboxylic acids is 1. The molecule has 0 unspecified atom stereocenters. The molecule has 20 heavy (non-hydrogen) atoms. The average molecular weight is 297 g/mol. The molecule has 0 aromatic heterocycles. The molecule has 1 aromatic rings. The number of amides is 2. The first-order chi connectivity index (χ1) is 9.74. The van der Waals surface area contributed by atoms with Crippen molar-refractivity contribution in [3.8, 4) is 0 Å². The lowest BCUT2D eigenvalue weighted by Gasteiger charge is -2.22. The van der Waals surface area contributed by atoms with Crippen LogP contribution in [0.5, 0.6) is 0 Å². The van der Waals surface area contributed by atoms with Crippen molar-refractivity contribution in [3.63, 3.8) is 0 Å². The summed E-state index contributed by atoms with van der Waals surface area (Å²) in [6.07, 6.45) is 2.87. The van der Waals surface area contributed by atoms with Crippen LogP contribution >= 0.6 is 11.6 Å². The number of hydrogen-bond acceptors (Lipinski definition) is 2. The molecule has 0 spiro atoms. The molecular weight excluding hydrogens is 276 g/mol. The number of nitrogens with one attached hydrogen (secondary N) is 2. The van der Waals surface area contributed by atoms with E-state index in [0.29, 0.717) is 12.5 Å². The molecule has 1 heterocycles. The van der Waals surface area contributed by atoms with E-state index < -0.39 is 0 Å². The summed E-state index contributed by atoms with van der Waals surface area (Å²) in [6, 6.07) is 7.59. The summed E-state index contributed by atoms with van der Waals surface area (Å²) >= 11 is 5.82. The normalized spacial score (nSPS) is 15.8. The molecule has 5 heteroatoms. The lowest BCUT2D eigenvalue weighted by atomic mass is 10.0. The molecule has 0 saturated carbocycles. The highest BCUT2D eigenvalue weighted by Gasteiger charge is 2.14. The van der Waals surface area contributed by atoms with Gasteiger partial charge in [0, 0.05) is 31.3 Å². The van der Waals surface area contributed by atoms with Crippen molar-refractivity contribution in [2.75, 3.05) is 26.3 Å². The zero-order chi connectivity index (χ0) is 14.2. The van der Waals surface area contributed by atoms with Crippen molar-refractivity contribution in [2.24, 2.45) is 5.92 Å². The first-order valence-electron chi connectivity index (χ1n) is 7.08. The molecule has 1 aliphatic rings. The van der Waals surface area contributed by atoms with E-state index in [9.17, 15) is 4.79 Å². The lowest BCUT2D eigenvalue weighted by molar-refractivity contribution is 0.0669. The second-order valence-corrected chi connectivity index (χ2v) is 5.51. The second kappa shape index (κ2) is 8.12. The first kappa shape index (κ1) is 15.1. The van der Waals surface area contributed by atoms with Gasteiger partial charge in [-0.3, -0.25) is 0 Å². The highest BCUT2D eigenvalue weighted by molar-refractivity contribution is 6.30. The highest BCUT2D eigenvalue weighted by atomic mass is 35.5. The monoisotopic (exact) mass is 296 g/mol. The van der Waals surface area contributed by atoms with E-state index in [4.69, 9.17) is 16.3 Å². The minimum Gasteiger partial charge on any atom is -0.381 e. The molecule has 2 rings (SSSR count). The Morgan fingerprint density at radius 2 is 1.90 bits per heavy atom. The molecule has 110 valence electrons. The zero-order valence-corrected chi connectivity index (χ0v) is 12.3. The smallest absolute Gasteiger partial charge is 0.314 e. The van der Waals surface area contributed by atoms with E-state index in [2.05, 4.69) is 10.6 Å². The third-order valence-corrected chi connectivity index (χ3v) is 3.76. The fourth-order valence-corrected chi connectivity index (χ4v) is 2.35. The SMILES string of the molecule is O=C(NCCc1ccc(Cl)cc1)NCC1CCOCC1. The van der Waals surface area contributed by atoms with Crippen molar-refractivity contribution in [1.82, 2.24) is 10.6 Å². The maximum atomic E-state index is 11.7. The van der Waals surface area contributed by atoms with Gasteiger partial charge in [-0.2, -0.15) is 0 Å². The van der Waals surface area contributed by atoms with Gasteiger partial charge in [0.15, 0.2) is 0 Å². The number of benzene rings is 1. The Bertz CT molecular complexity index is 416. The van der Waals surface area contributed by atoms with Crippen molar-refractivity contribution in [2.45, 2.75) is 19.3 Å². The number of hydrogen-bond donors (Lipinski definition) is 2. The molecule has 4 nitrogen and oxygen atoms in total. The van der Waals surface area contributed by atoms with Crippen LogP contribution in [-0.2, 0) is 11.2 Å². The van der Waals surface area contributed by atoms with Gasteiger partial charge in [-0.15, -0.1) is 0 Å². The number of urea groups is 1. The third-order valence-electron chi connectivity index (χ3n) is 3.50. The predicted octanol–water partition coefficient (Wildman–Crippen LogP) is 2.61. The molecule has 1 saturated heterocycles. The standard InChI is InChI=1S/C15H21ClN2O2/c16-14-3-1-12(2-4-14)5-8-17-15(19)18-11-13-6-9-20-10-7-13/h1-4,13H,5-11H2,(H2,17,18,19). The maximum absolute atomic E-state index is 11.7. The van der Waals surface area contributed by atoms with Gasteiger partial charge in [0.2, 0.25) is 0 Å². The molecule has 0 bridgehead atoms. The Hall–Kier alpha value is -1.26. The Labute approximate surface area is 124 Å². The Morgan fingerprint density at radius 3 is 2.60 bits per heavy atom. The van der Waals surface area contributed by atoms with E-state index >= 15 is 0 Å². The van der Waals surface area contributed by atoms with Crippen LogP contribution in [0, 0.1) is 5.92 Å².